The predicted molar refractivity (Wildman–Crippen MR) is 77.6 cm³/mol. The lowest BCUT2D eigenvalue weighted by Gasteiger charge is -2.11. The zero-order valence-corrected chi connectivity index (χ0v) is 12.1. The van der Waals surface area contributed by atoms with Crippen LogP contribution >= 0.6 is 0 Å². The topological polar surface area (TPSA) is 47.0 Å². The number of benzene rings is 1. The van der Waals surface area contributed by atoms with Crippen LogP contribution in [0.1, 0.15) is 18.2 Å². The number of hydrogen-bond acceptors (Lipinski definition) is 4. The zero-order chi connectivity index (χ0) is 14.7. The third kappa shape index (κ3) is 2.71. The van der Waals surface area contributed by atoms with Crippen molar-refractivity contribution >= 4 is 5.82 Å². The lowest BCUT2D eigenvalue weighted by molar-refractivity contribution is 0.386. The van der Waals surface area contributed by atoms with Gasteiger partial charge < -0.3 is 10.1 Å². The van der Waals surface area contributed by atoms with Gasteiger partial charge >= 0.3 is 0 Å². The van der Waals surface area contributed by atoms with Crippen LogP contribution in [0.4, 0.5) is 10.2 Å². The third-order valence-corrected chi connectivity index (χ3v) is 3.14. The van der Waals surface area contributed by atoms with Crippen LogP contribution in [0.5, 0.6) is 5.75 Å². The van der Waals surface area contributed by atoms with Gasteiger partial charge in [-0.25, -0.2) is 14.4 Å². The number of nitrogens with one attached hydrogen (secondary N) is 1. The van der Waals surface area contributed by atoms with Crippen LogP contribution in [0.15, 0.2) is 18.2 Å². The van der Waals surface area contributed by atoms with Crippen LogP contribution < -0.4 is 10.1 Å². The summed E-state index contributed by atoms with van der Waals surface area (Å²) in [5, 5.41) is 3.19. The quantitative estimate of drug-likeness (QED) is 0.929. The minimum absolute atomic E-state index is 0.212. The van der Waals surface area contributed by atoms with Gasteiger partial charge in [-0.1, -0.05) is 0 Å². The molecule has 1 aromatic carbocycles. The molecule has 0 radical (unpaired) electrons. The number of hydrogen-bond donors (Lipinski definition) is 1. The standard InChI is InChI=1S/C15H18FN3O/c1-5-17-14-9(2)10(3)18-15(19-14)11-6-7-13(20-4)12(16)8-11/h6-8H,5H2,1-4H3,(H,17,18,19). The number of nitrogens with zero attached hydrogens (tertiary/aromatic N) is 2. The normalized spacial score (nSPS) is 10.4. The minimum Gasteiger partial charge on any atom is -0.494 e. The van der Waals surface area contributed by atoms with Gasteiger partial charge in [0.25, 0.3) is 0 Å². The van der Waals surface area contributed by atoms with Crippen molar-refractivity contribution in [1.29, 1.82) is 0 Å². The highest BCUT2D eigenvalue weighted by molar-refractivity contribution is 5.60. The SMILES string of the molecule is CCNc1nc(-c2ccc(OC)c(F)c2)nc(C)c1C. The summed E-state index contributed by atoms with van der Waals surface area (Å²) in [6, 6.07) is 4.72. The van der Waals surface area contributed by atoms with Gasteiger partial charge in [-0.2, -0.15) is 0 Å². The van der Waals surface area contributed by atoms with E-state index >= 15 is 0 Å². The molecular formula is C15H18FN3O. The van der Waals surface area contributed by atoms with Crippen LogP contribution in [0.3, 0.4) is 0 Å². The third-order valence-electron chi connectivity index (χ3n) is 3.14. The number of rotatable bonds is 4. The van der Waals surface area contributed by atoms with E-state index < -0.39 is 5.82 Å². The molecule has 0 aliphatic rings. The first-order chi connectivity index (χ1) is 9.56. The molecule has 5 heteroatoms. The largest absolute Gasteiger partial charge is 0.494 e. The number of aryl methyl sites for hydroxylation is 1. The molecule has 0 bridgehead atoms. The van der Waals surface area contributed by atoms with Crippen LogP contribution in [-0.4, -0.2) is 23.6 Å². The van der Waals surface area contributed by atoms with Gasteiger partial charge in [0, 0.05) is 23.4 Å². The fourth-order valence-electron chi connectivity index (χ4n) is 1.90. The molecule has 0 unspecified atom stereocenters. The fourth-order valence-corrected chi connectivity index (χ4v) is 1.90. The van der Waals surface area contributed by atoms with Gasteiger partial charge in [0.05, 0.1) is 7.11 Å². The summed E-state index contributed by atoms with van der Waals surface area (Å²) in [5.74, 6) is 1.08. The van der Waals surface area contributed by atoms with E-state index in [1.807, 2.05) is 20.8 Å². The maximum atomic E-state index is 13.8. The van der Waals surface area contributed by atoms with Crippen molar-refractivity contribution in [3.8, 4) is 17.1 Å². The van der Waals surface area contributed by atoms with Gasteiger partial charge in [0.1, 0.15) is 5.82 Å². The molecule has 0 fully saturated rings. The van der Waals surface area contributed by atoms with Gasteiger partial charge in [-0.3, -0.25) is 0 Å². The van der Waals surface area contributed by atoms with E-state index in [0.717, 1.165) is 23.6 Å². The number of anilines is 1. The molecule has 0 aliphatic heterocycles. The highest BCUT2D eigenvalue weighted by atomic mass is 19.1. The van der Waals surface area contributed by atoms with Crippen molar-refractivity contribution in [3.63, 3.8) is 0 Å². The maximum absolute atomic E-state index is 13.8. The Kier molecular flexibility index (Phi) is 4.17. The Morgan fingerprint density at radius 3 is 2.60 bits per heavy atom. The van der Waals surface area contributed by atoms with Crippen LogP contribution in [0, 0.1) is 19.7 Å². The Morgan fingerprint density at radius 1 is 1.25 bits per heavy atom. The summed E-state index contributed by atoms with van der Waals surface area (Å²) in [5.41, 5.74) is 2.51. The van der Waals surface area contributed by atoms with Crippen LogP contribution in [0.25, 0.3) is 11.4 Å². The molecule has 4 nitrogen and oxygen atoms in total. The van der Waals surface area contributed by atoms with Crippen LogP contribution in [-0.2, 0) is 0 Å². The molecule has 2 rings (SSSR count). The molecule has 0 aliphatic carbocycles. The molecule has 0 atom stereocenters. The first kappa shape index (κ1) is 14.2. The summed E-state index contributed by atoms with van der Waals surface area (Å²) >= 11 is 0. The van der Waals surface area contributed by atoms with Crippen molar-refractivity contribution in [2.75, 3.05) is 19.0 Å². The summed E-state index contributed by atoms with van der Waals surface area (Å²) in [4.78, 5) is 8.88. The fraction of sp³-hybridized carbons (Fsp3) is 0.333. The van der Waals surface area contributed by atoms with E-state index in [0.29, 0.717) is 11.4 Å². The molecule has 1 heterocycles. The van der Waals surface area contributed by atoms with Gasteiger partial charge in [0.2, 0.25) is 0 Å². The van der Waals surface area contributed by atoms with E-state index in [1.54, 1.807) is 12.1 Å². The monoisotopic (exact) mass is 275 g/mol. The Morgan fingerprint density at radius 2 is 2.00 bits per heavy atom. The average Bonchev–Trinajstić information content (AvgIpc) is 2.43. The number of halogens is 1. The molecule has 20 heavy (non-hydrogen) atoms. The van der Waals surface area contributed by atoms with Crippen molar-refractivity contribution in [3.05, 3.63) is 35.3 Å². The second-order valence-corrected chi connectivity index (χ2v) is 4.49. The van der Waals surface area contributed by atoms with Crippen molar-refractivity contribution < 1.29 is 9.13 Å². The Balaban J connectivity index is 2.49. The Bertz CT molecular complexity index is 629. The molecular weight excluding hydrogens is 257 g/mol. The second-order valence-electron chi connectivity index (χ2n) is 4.49. The molecule has 1 aromatic heterocycles. The molecule has 0 saturated carbocycles. The molecule has 2 aromatic rings. The van der Waals surface area contributed by atoms with Crippen LogP contribution in [0.2, 0.25) is 0 Å². The van der Waals surface area contributed by atoms with Gasteiger partial charge in [-0.15, -0.1) is 0 Å². The highest BCUT2D eigenvalue weighted by Crippen LogP contribution is 2.25. The molecule has 106 valence electrons. The molecule has 1 N–H and O–H groups in total. The summed E-state index contributed by atoms with van der Waals surface area (Å²) in [7, 11) is 1.44. The smallest absolute Gasteiger partial charge is 0.165 e. The van der Waals surface area contributed by atoms with Gasteiger partial charge in [0.15, 0.2) is 17.4 Å². The van der Waals surface area contributed by atoms with E-state index in [9.17, 15) is 4.39 Å². The second kappa shape index (κ2) is 5.86. The Hall–Kier alpha value is -2.17. The maximum Gasteiger partial charge on any atom is 0.165 e. The molecule has 0 saturated heterocycles. The van der Waals surface area contributed by atoms with E-state index in [4.69, 9.17) is 4.74 Å². The first-order valence-electron chi connectivity index (χ1n) is 6.49. The lowest BCUT2D eigenvalue weighted by atomic mass is 10.1. The van der Waals surface area contributed by atoms with Crippen molar-refractivity contribution in [2.24, 2.45) is 0 Å². The molecule has 0 spiro atoms. The number of aromatic nitrogens is 2. The van der Waals surface area contributed by atoms with Crippen molar-refractivity contribution in [2.45, 2.75) is 20.8 Å². The minimum atomic E-state index is -0.420. The van der Waals surface area contributed by atoms with E-state index in [1.165, 1.54) is 13.2 Å². The zero-order valence-electron chi connectivity index (χ0n) is 12.1. The summed E-state index contributed by atoms with van der Waals surface area (Å²) in [6.45, 7) is 6.66. The Labute approximate surface area is 118 Å². The predicted octanol–water partition coefficient (Wildman–Crippen LogP) is 3.34. The molecule has 0 amide bonds. The van der Waals surface area contributed by atoms with E-state index in [2.05, 4.69) is 15.3 Å². The summed E-state index contributed by atoms with van der Waals surface area (Å²) < 4.78 is 18.7. The summed E-state index contributed by atoms with van der Waals surface area (Å²) in [6.07, 6.45) is 0. The number of methoxy groups -OCH3 is 1. The lowest BCUT2D eigenvalue weighted by Crippen LogP contribution is -2.06. The highest BCUT2D eigenvalue weighted by Gasteiger charge is 2.11. The first-order valence-corrected chi connectivity index (χ1v) is 6.49. The van der Waals surface area contributed by atoms with Crippen molar-refractivity contribution in [1.82, 2.24) is 9.97 Å². The van der Waals surface area contributed by atoms with Gasteiger partial charge in [-0.05, 0) is 39.0 Å². The van der Waals surface area contributed by atoms with E-state index in [-0.39, 0.29) is 5.75 Å². The average molecular weight is 275 g/mol. The number of ether oxygens (including phenoxy) is 1.